The number of piperidine rings is 1. The fourth-order valence-corrected chi connectivity index (χ4v) is 5.56. The van der Waals surface area contributed by atoms with Crippen LogP contribution in [0.3, 0.4) is 0 Å². The minimum atomic E-state index is -3.56. The third kappa shape index (κ3) is 5.70. The standard InChI is InChI=1S/C21H32N2O4S/c1-27-19-8-10-20(11-9-19)28(25,26)22-18-13-15-23(16-14-18)21(24)12-7-17-5-3-2-4-6-17/h8-11,17-18,22H,2-7,12-16H2,1H3. The van der Waals surface area contributed by atoms with E-state index in [2.05, 4.69) is 4.72 Å². The summed E-state index contributed by atoms with van der Waals surface area (Å²) in [6.45, 7) is 1.25. The number of amides is 1. The summed E-state index contributed by atoms with van der Waals surface area (Å²) in [7, 11) is -2.01. The lowest BCUT2D eigenvalue weighted by atomic mass is 9.86. The Balaban J connectivity index is 1.44. The van der Waals surface area contributed by atoms with E-state index < -0.39 is 10.0 Å². The first-order valence-corrected chi connectivity index (χ1v) is 11.9. The highest BCUT2D eigenvalue weighted by Crippen LogP contribution is 2.28. The molecule has 2 fully saturated rings. The molecule has 7 heteroatoms. The van der Waals surface area contributed by atoms with Crippen LogP contribution in [0.5, 0.6) is 5.75 Å². The predicted molar refractivity (Wildman–Crippen MR) is 109 cm³/mol. The van der Waals surface area contributed by atoms with Crippen LogP contribution < -0.4 is 9.46 Å². The van der Waals surface area contributed by atoms with Crippen LogP contribution in [0.15, 0.2) is 29.2 Å². The molecule has 1 heterocycles. The number of methoxy groups -OCH3 is 1. The zero-order chi connectivity index (χ0) is 20.0. The van der Waals surface area contributed by atoms with Crippen molar-refractivity contribution in [2.24, 2.45) is 5.92 Å². The molecular weight excluding hydrogens is 376 g/mol. The van der Waals surface area contributed by atoms with Crippen LogP contribution in [0.2, 0.25) is 0 Å². The summed E-state index contributed by atoms with van der Waals surface area (Å²) in [5.41, 5.74) is 0. The average molecular weight is 409 g/mol. The van der Waals surface area contributed by atoms with Gasteiger partial charge in [0.1, 0.15) is 5.75 Å². The van der Waals surface area contributed by atoms with Gasteiger partial charge in [-0.25, -0.2) is 13.1 Å². The second kappa shape index (κ2) is 9.74. The molecule has 1 aromatic rings. The van der Waals surface area contributed by atoms with E-state index in [1.165, 1.54) is 32.1 Å². The molecule has 1 aromatic carbocycles. The number of likely N-dealkylation sites (tertiary alicyclic amines) is 1. The van der Waals surface area contributed by atoms with Gasteiger partial charge >= 0.3 is 0 Å². The minimum absolute atomic E-state index is 0.130. The third-order valence-corrected chi connectivity index (χ3v) is 7.57. The van der Waals surface area contributed by atoms with E-state index >= 15 is 0 Å². The molecule has 1 N–H and O–H groups in total. The van der Waals surface area contributed by atoms with Crippen molar-refractivity contribution in [2.45, 2.75) is 68.7 Å². The number of ether oxygens (including phenoxy) is 1. The predicted octanol–water partition coefficient (Wildman–Crippen LogP) is 3.33. The van der Waals surface area contributed by atoms with Crippen LogP contribution in [-0.4, -0.2) is 45.5 Å². The number of carbonyl (C=O) groups is 1. The van der Waals surface area contributed by atoms with Gasteiger partial charge in [0.25, 0.3) is 0 Å². The van der Waals surface area contributed by atoms with E-state index in [0.29, 0.717) is 44.0 Å². The minimum Gasteiger partial charge on any atom is -0.497 e. The maximum absolute atomic E-state index is 12.6. The number of carbonyl (C=O) groups excluding carboxylic acids is 1. The molecule has 0 atom stereocenters. The van der Waals surface area contributed by atoms with Gasteiger partial charge in [-0.15, -0.1) is 0 Å². The van der Waals surface area contributed by atoms with E-state index in [1.54, 1.807) is 31.4 Å². The first-order valence-electron chi connectivity index (χ1n) is 10.4. The number of nitrogens with one attached hydrogen (secondary N) is 1. The first-order chi connectivity index (χ1) is 13.5. The molecule has 0 unspecified atom stereocenters. The van der Waals surface area contributed by atoms with Crippen LogP contribution in [-0.2, 0) is 14.8 Å². The highest BCUT2D eigenvalue weighted by molar-refractivity contribution is 7.89. The van der Waals surface area contributed by atoms with Crippen molar-refractivity contribution in [2.75, 3.05) is 20.2 Å². The number of rotatable bonds is 7. The molecule has 3 rings (SSSR count). The second-order valence-electron chi connectivity index (χ2n) is 7.99. The Bertz CT molecular complexity index is 734. The molecule has 0 bridgehead atoms. The zero-order valence-corrected chi connectivity index (χ0v) is 17.5. The molecule has 1 amide bonds. The smallest absolute Gasteiger partial charge is 0.240 e. The fraction of sp³-hybridized carbons (Fsp3) is 0.667. The molecule has 0 radical (unpaired) electrons. The van der Waals surface area contributed by atoms with Gasteiger partial charge in [0.15, 0.2) is 0 Å². The molecule has 6 nitrogen and oxygen atoms in total. The van der Waals surface area contributed by atoms with Gasteiger partial charge in [-0.1, -0.05) is 32.1 Å². The highest BCUT2D eigenvalue weighted by Gasteiger charge is 2.27. The summed E-state index contributed by atoms with van der Waals surface area (Å²) < 4.78 is 33.0. The van der Waals surface area contributed by atoms with Crippen LogP contribution >= 0.6 is 0 Å². The summed E-state index contributed by atoms with van der Waals surface area (Å²) >= 11 is 0. The normalized spacial score (nSPS) is 19.5. The molecular formula is C21H32N2O4S. The van der Waals surface area contributed by atoms with Crippen molar-refractivity contribution in [3.8, 4) is 5.75 Å². The van der Waals surface area contributed by atoms with Gasteiger partial charge in [-0.3, -0.25) is 4.79 Å². The van der Waals surface area contributed by atoms with Crippen molar-refractivity contribution < 1.29 is 17.9 Å². The van der Waals surface area contributed by atoms with Crippen molar-refractivity contribution in [1.29, 1.82) is 0 Å². The van der Waals surface area contributed by atoms with E-state index in [4.69, 9.17) is 4.74 Å². The SMILES string of the molecule is COc1ccc(S(=O)(=O)NC2CCN(C(=O)CCC3CCCCC3)CC2)cc1. The van der Waals surface area contributed by atoms with Crippen molar-refractivity contribution in [1.82, 2.24) is 9.62 Å². The number of sulfonamides is 1. The topological polar surface area (TPSA) is 75.7 Å². The Morgan fingerprint density at radius 2 is 1.71 bits per heavy atom. The van der Waals surface area contributed by atoms with E-state index in [0.717, 1.165) is 6.42 Å². The Kier molecular flexibility index (Phi) is 7.35. The monoisotopic (exact) mass is 408 g/mol. The summed E-state index contributed by atoms with van der Waals surface area (Å²) in [5, 5.41) is 0. The zero-order valence-electron chi connectivity index (χ0n) is 16.7. The van der Waals surface area contributed by atoms with Gasteiger partial charge in [0.2, 0.25) is 15.9 Å². The lowest BCUT2D eigenvalue weighted by Gasteiger charge is -2.33. The molecule has 156 valence electrons. The lowest BCUT2D eigenvalue weighted by Crippen LogP contribution is -2.46. The second-order valence-corrected chi connectivity index (χ2v) is 9.71. The molecule has 1 saturated heterocycles. The maximum atomic E-state index is 12.6. The van der Waals surface area contributed by atoms with Gasteiger partial charge in [-0.05, 0) is 49.4 Å². The quantitative estimate of drug-likeness (QED) is 0.751. The number of benzene rings is 1. The van der Waals surface area contributed by atoms with Crippen LogP contribution in [0.1, 0.15) is 57.8 Å². The summed E-state index contributed by atoms with van der Waals surface area (Å²) in [4.78, 5) is 14.6. The van der Waals surface area contributed by atoms with E-state index in [9.17, 15) is 13.2 Å². The number of hydrogen-bond donors (Lipinski definition) is 1. The molecule has 1 aliphatic carbocycles. The van der Waals surface area contributed by atoms with Gasteiger partial charge < -0.3 is 9.64 Å². The van der Waals surface area contributed by atoms with Crippen molar-refractivity contribution in [3.05, 3.63) is 24.3 Å². The Morgan fingerprint density at radius 3 is 2.32 bits per heavy atom. The van der Waals surface area contributed by atoms with Crippen LogP contribution in [0, 0.1) is 5.92 Å². The fourth-order valence-electron chi connectivity index (χ4n) is 4.25. The maximum Gasteiger partial charge on any atom is 0.240 e. The van der Waals surface area contributed by atoms with Gasteiger partial charge in [0.05, 0.1) is 12.0 Å². The van der Waals surface area contributed by atoms with Crippen molar-refractivity contribution >= 4 is 15.9 Å². The molecule has 0 spiro atoms. The summed E-state index contributed by atoms with van der Waals surface area (Å²) in [5.74, 6) is 1.56. The molecule has 1 aliphatic heterocycles. The van der Waals surface area contributed by atoms with E-state index in [-0.39, 0.29) is 16.8 Å². The Hall–Kier alpha value is -1.60. The average Bonchev–Trinajstić information content (AvgIpc) is 2.73. The van der Waals surface area contributed by atoms with Gasteiger partial charge in [0, 0.05) is 25.6 Å². The molecule has 28 heavy (non-hydrogen) atoms. The van der Waals surface area contributed by atoms with Crippen LogP contribution in [0.25, 0.3) is 0 Å². The summed E-state index contributed by atoms with van der Waals surface area (Å²) in [6.07, 6.45) is 9.43. The molecule has 0 aromatic heterocycles. The van der Waals surface area contributed by atoms with Gasteiger partial charge in [-0.2, -0.15) is 0 Å². The van der Waals surface area contributed by atoms with Crippen LogP contribution in [0.4, 0.5) is 0 Å². The molecule has 1 saturated carbocycles. The third-order valence-electron chi connectivity index (χ3n) is 6.03. The first kappa shape index (κ1) is 21.1. The summed E-state index contributed by atoms with van der Waals surface area (Å²) in [6, 6.07) is 6.25. The number of nitrogens with zero attached hydrogens (tertiary/aromatic N) is 1. The Morgan fingerprint density at radius 1 is 1.07 bits per heavy atom. The Labute approximate surface area is 168 Å². The van der Waals surface area contributed by atoms with Crippen molar-refractivity contribution in [3.63, 3.8) is 0 Å². The van der Waals surface area contributed by atoms with E-state index in [1.807, 2.05) is 4.90 Å². The lowest BCUT2D eigenvalue weighted by molar-refractivity contribution is -0.132. The highest BCUT2D eigenvalue weighted by atomic mass is 32.2. The molecule has 2 aliphatic rings. The largest absolute Gasteiger partial charge is 0.497 e. The number of hydrogen-bond acceptors (Lipinski definition) is 4.